The maximum atomic E-state index is 12.2. The second kappa shape index (κ2) is 7.13. The Labute approximate surface area is 133 Å². The van der Waals surface area contributed by atoms with Gasteiger partial charge in [0, 0.05) is 6.54 Å². The first-order valence-corrected chi connectivity index (χ1v) is 6.94. The molecule has 1 aromatic carbocycles. The third-order valence-corrected chi connectivity index (χ3v) is 3.01. The highest BCUT2D eigenvalue weighted by atomic mass is 16.5. The minimum absolute atomic E-state index is 0.0394. The molecule has 7 heteroatoms. The number of anilines is 1. The van der Waals surface area contributed by atoms with E-state index in [1.54, 1.807) is 31.2 Å². The van der Waals surface area contributed by atoms with Crippen molar-refractivity contribution in [2.45, 2.75) is 13.5 Å². The number of nitrogens with zero attached hydrogens (tertiary/aromatic N) is 2. The smallest absolute Gasteiger partial charge is 0.270 e. The zero-order valence-electron chi connectivity index (χ0n) is 12.5. The number of nitriles is 1. The van der Waals surface area contributed by atoms with Crippen molar-refractivity contribution in [1.82, 2.24) is 10.3 Å². The summed E-state index contributed by atoms with van der Waals surface area (Å²) < 4.78 is 5.25. The number of hydrogen-bond acceptors (Lipinski definition) is 6. The zero-order valence-corrected chi connectivity index (χ0v) is 12.5. The Balaban J connectivity index is 2.17. The van der Waals surface area contributed by atoms with Crippen molar-refractivity contribution >= 4 is 11.6 Å². The largest absolute Gasteiger partial charge is 0.508 e. The third kappa shape index (κ3) is 3.89. The molecule has 0 atom stereocenters. The molecule has 0 aliphatic carbocycles. The van der Waals surface area contributed by atoms with E-state index < -0.39 is 5.91 Å². The quantitative estimate of drug-likeness (QED) is 0.770. The van der Waals surface area contributed by atoms with Gasteiger partial charge in [0.1, 0.15) is 23.1 Å². The fourth-order valence-corrected chi connectivity index (χ4v) is 1.95. The lowest BCUT2D eigenvalue weighted by Crippen LogP contribution is -2.24. The summed E-state index contributed by atoms with van der Waals surface area (Å²) in [5, 5.41) is 21.1. The predicted molar refractivity (Wildman–Crippen MR) is 83.8 cm³/mol. The van der Waals surface area contributed by atoms with Gasteiger partial charge in [0.25, 0.3) is 5.91 Å². The van der Waals surface area contributed by atoms with Crippen molar-refractivity contribution in [1.29, 1.82) is 5.26 Å². The Morgan fingerprint density at radius 2 is 2.26 bits per heavy atom. The summed E-state index contributed by atoms with van der Waals surface area (Å²) in [6.07, 6.45) is 0. The van der Waals surface area contributed by atoms with E-state index in [1.165, 1.54) is 6.07 Å². The van der Waals surface area contributed by atoms with Gasteiger partial charge in [0.15, 0.2) is 0 Å². The van der Waals surface area contributed by atoms with Gasteiger partial charge in [0.2, 0.25) is 5.88 Å². The topological polar surface area (TPSA) is 121 Å². The summed E-state index contributed by atoms with van der Waals surface area (Å²) in [4.78, 5) is 16.2. The first-order valence-electron chi connectivity index (χ1n) is 6.94. The fraction of sp³-hybridized carbons (Fsp3) is 0.188. The molecule has 2 aromatic rings. The molecule has 4 N–H and O–H groups in total. The molecule has 0 fully saturated rings. The molecule has 0 radical (unpaired) electrons. The number of aromatic hydroxyl groups is 1. The maximum absolute atomic E-state index is 12.2. The van der Waals surface area contributed by atoms with Crippen LogP contribution in [0.2, 0.25) is 0 Å². The van der Waals surface area contributed by atoms with Crippen molar-refractivity contribution in [3.8, 4) is 17.7 Å². The Morgan fingerprint density at radius 1 is 1.48 bits per heavy atom. The number of nitrogens with one attached hydrogen (secondary N) is 1. The van der Waals surface area contributed by atoms with E-state index in [0.717, 1.165) is 5.56 Å². The van der Waals surface area contributed by atoms with Gasteiger partial charge in [-0.15, -0.1) is 0 Å². The Morgan fingerprint density at radius 3 is 2.91 bits per heavy atom. The number of carbonyl (C=O) groups excluding carboxylic acids is 1. The average molecular weight is 312 g/mol. The Hall–Kier alpha value is -3.27. The number of phenols is 1. The van der Waals surface area contributed by atoms with E-state index in [9.17, 15) is 9.90 Å². The van der Waals surface area contributed by atoms with Gasteiger partial charge in [-0.3, -0.25) is 4.79 Å². The van der Waals surface area contributed by atoms with Gasteiger partial charge in [-0.25, -0.2) is 4.98 Å². The number of benzene rings is 1. The number of amides is 1. The van der Waals surface area contributed by atoms with Crippen LogP contribution in [0.1, 0.15) is 28.5 Å². The second-order valence-corrected chi connectivity index (χ2v) is 4.67. The predicted octanol–water partition coefficient (Wildman–Crippen LogP) is 1.57. The van der Waals surface area contributed by atoms with Crippen LogP contribution in [-0.2, 0) is 6.54 Å². The third-order valence-electron chi connectivity index (χ3n) is 3.01. The molecule has 0 saturated carbocycles. The van der Waals surface area contributed by atoms with E-state index in [0.29, 0.717) is 6.61 Å². The first kappa shape index (κ1) is 16.1. The van der Waals surface area contributed by atoms with Gasteiger partial charge in [-0.1, -0.05) is 12.1 Å². The van der Waals surface area contributed by atoms with Crippen molar-refractivity contribution < 1.29 is 14.6 Å². The van der Waals surface area contributed by atoms with Crippen molar-refractivity contribution in [2.75, 3.05) is 12.3 Å². The van der Waals surface area contributed by atoms with Gasteiger partial charge in [0.05, 0.1) is 12.3 Å². The lowest BCUT2D eigenvalue weighted by molar-refractivity contribution is 0.0944. The van der Waals surface area contributed by atoms with Gasteiger partial charge in [-0.05, 0) is 30.7 Å². The van der Waals surface area contributed by atoms with Crippen LogP contribution in [0.5, 0.6) is 11.6 Å². The van der Waals surface area contributed by atoms with Crippen molar-refractivity contribution in [3.63, 3.8) is 0 Å². The van der Waals surface area contributed by atoms with Crippen LogP contribution in [-0.4, -0.2) is 22.6 Å². The molecule has 1 heterocycles. The Bertz CT molecular complexity index is 768. The summed E-state index contributed by atoms with van der Waals surface area (Å²) in [7, 11) is 0. The standard InChI is InChI=1S/C16H16N4O3/c1-2-23-16-12(8-17)13(18)7-14(20-16)15(22)19-9-10-4-3-5-11(21)6-10/h3-7,21H,2,9H2,1H3,(H2,18,20)(H,19,22). The molecule has 0 saturated heterocycles. The number of aromatic nitrogens is 1. The van der Waals surface area contributed by atoms with Gasteiger partial charge < -0.3 is 20.9 Å². The number of ether oxygens (including phenoxy) is 1. The van der Waals surface area contributed by atoms with E-state index >= 15 is 0 Å². The molecule has 1 aromatic heterocycles. The number of pyridine rings is 1. The van der Waals surface area contributed by atoms with Crippen LogP contribution in [0.25, 0.3) is 0 Å². The summed E-state index contributed by atoms with van der Waals surface area (Å²) in [5.74, 6) is -0.292. The number of hydrogen-bond donors (Lipinski definition) is 3. The SMILES string of the molecule is CCOc1nc(C(=O)NCc2cccc(O)c2)cc(N)c1C#N. The molecule has 0 spiro atoms. The van der Waals surface area contributed by atoms with Crippen LogP contribution in [0, 0.1) is 11.3 Å². The minimum Gasteiger partial charge on any atom is -0.508 e. The van der Waals surface area contributed by atoms with Crippen LogP contribution in [0.3, 0.4) is 0 Å². The number of carbonyl (C=O) groups is 1. The first-order chi connectivity index (χ1) is 11.0. The van der Waals surface area contributed by atoms with E-state index in [4.69, 9.17) is 15.7 Å². The Kier molecular flexibility index (Phi) is 5.00. The highest BCUT2D eigenvalue weighted by Crippen LogP contribution is 2.22. The molecule has 0 unspecified atom stereocenters. The van der Waals surface area contributed by atoms with Gasteiger partial charge >= 0.3 is 0 Å². The molecular formula is C16H16N4O3. The van der Waals surface area contributed by atoms with Crippen LogP contribution >= 0.6 is 0 Å². The monoisotopic (exact) mass is 312 g/mol. The molecule has 23 heavy (non-hydrogen) atoms. The number of rotatable bonds is 5. The molecule has 118 valence electrons. The second-order valence-electron chi connectivity index (χ2n) is 4.67. The highest BCUT2D eigenvalue weighted by molar-refractivity contribution is 5.93. The maximum Gasteiger partial charge on any atom is 0.270 e. The average Bonchev–Trinajstić information content (AvgIpc) is 2.52. The molecule has 7 nitrogen and oxygen atoms in total. The lowest BCUT2D eigenvalue weighted by atomic mass is 10.2. The van der Waals surface area contributed by atoms with E-state index in [2.05, 4.69) is 10.3 Å². The number of phenolic OH excluding ortho intramolecular Hbond substituents is 1. The lowest BCUT2D eigenvalue weighted by Gasteiger charge is -2.10. The molecular weight excluding hydrogens is 296 g/mol. The zero-order chi connectivity index (χ0) is 16.8. The van der Waals surface area contributed by atoms with Crippen LogP contribution < -0.4 is 15.8 Å². The van der Waals surface area contributed by atoms with E-state index in [-0.39, 0.29) is 35.1 Å². The molecule has 0 aliphatic rings. The molecule has 0 bridgehead atoms. The van der Waals surface area contributed by atoms with Crippen molar-refractivity contribution in [2.24, 2.45) is 0 Å². The summed E-state index contributed by atoms with van der Waals surface area (Å²) in [6.45, 7) is 2.27. The fourth-order valence-electron chi connectivity index (χ4n) is 1.95. The van der Waals surface area contributed by atoms with E-state index in [1.807, 2.05) is 6.07 Å². The number of nitrogen functional groups attached to an aromatic ring is 1. The molecule has 0 aliphatic heterocycles. The highest BCUT2D eigenvalue weighted by Gasteiger charge is 2.16. The van der Waals surface area contributed by atoms with Gasteiger partial charge in [-0.2, -0.15) is 5.26 Å². The number of nitrogens with two attached hydrogens (primary N) is 1. The van der Waals surface area contributed by atoms with Crippen molar-refractivity contribution in [3.05, 3.63) is 47.2 Å². The summed E-state index contributed by atoms with van der Waals surface area (Å²) in [6, 6.07) is 9.78. The summed E-state index contributed by atoms with van der Waals surface area (Å²) in [5.41, 5.74) is 6.81. The summed E-state index contributed by atoms with van der Waals surface area (Å²) >= 11 is 0. The van der Waals surface area contributed by atoms with Crippen LogP contribution in [0.4, 0.5) is 5.69 Å². The molecule has 1 amide bonds. The minimum atomic E-state index is -0.453. The molecule has 2 rings (SSSR count). The normalized spacial score (nSPS) is 9.91. The van der Waals surface area contributed by atoms with Crippen LogP contribution in [0.15, 0.2) is 30.3 Å².